The second kappa shape index (κ2) is 2.50. The van der Waals surface area contributed by atoms with Gasteiger partial charge in [-0.25, -0.2) is 0 Å². The van der Waals surface area contributed by atoms with Crippen molar-refractivity contribution in [3.8, 4) is 0 Å². The highest BCUT2D eigenvalue weighted by Gasteiger charge is 1.98. The van der Waals surface area contributed by atoms with Gasteiger partial charge in [0.05, 0.1) is 0 Å². The highest BCUT2D eigenvalue weighted by molar-refractivity contribution is 7.22. The molecule has 0 bridgehead atoms. The minimum Gasteiger partial charge on any atom is -0.123 e. The van der Waals surface area contributed by atoms with Crippen LogP contribution in [-0.4, -0.2) is 0 Å². The molecule has 11 heavy (non-hydrogen) atoms. The molecule has 1 heterocycles. The average molecular weight is 182 g/mol. The molecule has 0 nitrogen and oxygen atoms in total. The molecular formula is C9H6ClS. The predicted octanol–water partition coefficient (Wildman–Crippen LogP) is 3.66. The molecule has 0 spiro atoms. The summed E-state index contributed by atoms with van der Waals surface area (Å²) in [5, 5.41) is 1.12. The Bertz CT molecular complexity index is 389. The van der Waals surface area contributed by atoms with Crippen molar-refractivity contribution in [2.45, 2.75) is 6.92 Å². The van der Waals surface area contributed by atoms with Gasteiger partial charge in [0.25, 0.3) is 0 Å². The van der Waals surface area contributed by atoms with Crippen LogP contribution in [0.3, 0.4) is 0 Å². The molecule has 0 unspecified atom stereocenters. The van der Waals surface area contributed by atoms with Crippen molar-refractivity contribution in [2.75, 3.05) is 0 Å². The third-order valence-electron chi connectivity index (χ3n) is 1.57. The summed E-state index contributed by atoms with van der Waals surface area (Å²) >= 11 is 7.37. The van der Waals surface area contributed by atoms with Gasteiger partial charge in [-0.05, 0) is 18.6 Å². The average Bonchev–Trinajstić information content (AvgIpc) is 2.27. The third kappa shape index (κ3) is 1.26. The largest absolute Gasteiger partial charge is 0.123 e. The molecule has 2 heteroatoms. The fraction of sp³-hybridized carbons (Fsp3) is 0.111. The van der Waals surface area contributed by atoms with Gasteiger partial charge in [0, 0.05) is 16.2 Å². The number of hydrogen-bond donors (Lipinski definition) is 0. The Morgan fingerprint density at radius 3 is 3.09 bits per heavy atom. The smallest absolute Gasteiger partial charge is 0.102 e. The van der Waals surface area contributed by atoms with E-state index in [1.807, 2.05) is 6.07 Å². The SMILES string of the molecule is Cc1ccc2[c]c(Cl)sc2c1. The number of rotatable bonds is 0. The maximum atomic E-state index is 5.80. The number of halogens is 1. The van der Waals surface area contributed by atoms with E-state index in [0.717, 1.165) is 9.72 Å². The summed E-state index contributed by atoms with van der Waals surface area (Å²) in [6.07, 6.45) is 0. The second-order valence-corrected chi connectivity index (χ2v) is 4.15. The molecule has 0 amide bonds. The summed E-state index contributed by atoms with van der Waals surface area (Å²) in [6.45, 7) is 2.08. The van der Waals surface area contributed by atoms with Crippen LogP contribution in [0.15, 0.2) is 18.2 Å². The Labute approximate surface area is 74.4 Å². The highest BCUT2D eigenvalue weighted by atomic mass is 35.5. The quantitative estimate of drug-likeness (QED) is 0.582. The van der Waals surface area contributed by atoms with E-state index in [1.165, 1.54) is 10.3 Å². The zero-order chi connectivity index (χ0) is 7.84. The minimum absolute atomic E-state index is 0.741. The summed E-state index contributed by atoms with van der Waals surface area (Å²) in [7, 11) is 0. The lowest BCUT2D eigenvalue weighted by molar-refractivity contribution is 1.52. The molecule has 0 saturated heterocycles. The van der Waals surface area contributed by atoms with E-state index in [9.17, 15) is 0 Å². The maximum Gasteiger partial charge on any atom is 0.102 e. The van der Waals surface area contributed by atoms with Crippen molar-refractivity contribution in [3.63, 3.8) is 0 Å². The standard InChI is InChI=1S/C9H6ClS/c1-6-2-3-7-5-9(10)11-8(7)4-6/h2-4H,1H3. The molecule has 0 N–H and O–H groups in total. The van der Waals surface area contributed by atoms with Gasteiger partial charge in [-0.1, -0.05) is 23.7 Å². The Balaban J connectivity index is 2.82. The Hall–Kier alpha value is -0.530. The van der Waals surface area contributed by atoms with Gasteiger partial charge in [-0.3, -0.25) is 0 Å². The van der Waals surface area contributed by atoms with E-state index in [2.05, 4.69) is 25.1 Å². The van der Waals surface area contributed by atoms with Gasteiger partial charge in [0.1, 0.15) is 4.34 Å². The van der Waals surface area contributed by atoms with Crippen molar-refractivity contribution in [2.24, 2.45) is 0 Å². The van der Waals surface area contributed by atoms with E-state index < -0.39 is 0 Å². The number of fused-ring (bicyclic) bond motifs is 1. The zero-order valence-electron chi connectivity index (χ0n) is 6.02. The summed E-state index contributed by atoms with van der Waals surface area (Å²) in [4.78, 5) is 0. The van der Waals surface area contributed by atoms with Crippen molar-refractivity contribution >= 4 is 33.0 Å². The fourth-order valence-corrected chi connectivity index (χ4v) is 2.22. The molecule has 0 fully saturated rings. The molecule has 1 aromatic carbocycles. The molecule has 0 aliphatic rings. The van der Waals surface area contributed by atoms with Crippen molar-refractivity contribution in [3.05, 3.63) is 34.2 Å². The first-order valence-electron chi connectivity index (χ1n) is 3.34. The Kier molecular flexibility index (Phi) is 1.63. The van der Waals surface area contributed by atoms with Crippen LogP contribution in [0, 0.1) is 13.0 Å². The molecule has 0 aliphatic heterocycles. The Morgan fingerprint density at radius 2 is 2.27 bits per heavy atom. The fourth-order valence-electron chi connectivity index (χ4n) is 1.05. The van der Waals surface area contributed by atoms with Crippen LogP contribution in [0.2, 0.25) is 4.34 Å². The van der Waals surface area contributed by atoms with Gasteiger partial charge in [-0.2, -0.15) is 0 Å². The first-order valence-corrected chi connectivity index (χ1v) is 4.53. The van der Waals surface area contributed by atoms with E-state index in [0.29, 0.717) is 0 Å². The van der Waals surface area contributed by atoms with Crippen LogP contribution < -0.4 is 0 Å². The lowest BCUT2D eigenvalue weighted by atomic mass is 10.2. The molecule has 55 valence electrons. The molecular weight excluding hydrogens is 176 g/mol. The number of hydrogen-bond acceptors (Lipinski definition) is 1. The molecule has 2 rings (SSSR count). The molecule has 1 radical (unpaired) electrons. The van der Waals surface area contributed by atoms with Crippen molar-refractivity contribution < 1.29 is 0 Å². The minimum atomic E-state index is 0.741. The van der Waals surface area contributed by atoms with Crippen LogP contribution >= 0.6 is 22.9 Å². The van der Waals surface area contributed by atoms with Gasteiger partial charge >= 0.3 is 0 Å². The topological polar surface area (TPSA) is 0 Å². The molecule has 0 aliphatic carbocycles. The van der Waals surface area contributed by atoms with Crippen LogP contribution in [0.4, 0.5) is 0 Å². The maximum absolute atomic E-state index is 5.80. The van der Waals surface area contributed by atoms with E-state index in [1.54, 1.807) is 11.3 Å². The summed E-state index contributed by atoms with van der Waals surface area (Å²) < 4.78 is 1.96. The van der Waals surface area contributed by atoms with Crippen LogP contribution in [-0.2, 0) is 0 Å². The normalized spacial score (nSPS) is 10.7. The number of aryl methyl sites for hydroxylation is 1. The molecule has 1 aromatic heterocycles. The Morgan fingerprint density at radius 1 is 1.45 bits per heavy atom. The van der Waals surface area contributed by atoms with E-state index in [4.69, 9.17) is 11.6 Å². The van der Waals surface area contributed by atoms with E-state index >= 15 is 0 Å². The molecule has 0 atom stereocenters. The van der Waals surface area contributed by atoms with E-state index in [-0.39, 0.29) is 0 Å². The van der Waals surface area contributed by atoms with Gasteiger partial charge in [-0.15, -0.1) is 11.3 Å². The first kappa shape index (κ1) is 7.14. The highest BCUT2D eigenvalue weighted by Crippen LogP contribution is 2.28. The van der Waals surface area contributed by atoms with Gasteiger partial charge in [0.2, 0.25) is 0 Å². The third-order valence-corrected chi connectivity index (χ3v) is 2.73. The van der Waals surface area contributed by atoms with Crippen LogP contribution in [0.25, 0.3) is 10.1 Å². The van der Waals surface area contributed by atoms with Crippen molar-refractivity contribution in [1.82, 2.24) is 0 Å². The first-order chi connectivity index (χ1) is 5.25. The zero-order valence-corrected chi connectivity index (χ0v) is 7.59. The monoisotopic (exact) mass is 181 g/mol. The van der Waals surface area contributed by atoms with Crippen molar-refractivity contribution in [1.29, 1.82) is 0 Å². The predicted molar refractivity (Wildman–Crippen MR) is 50.4 cm³/mol. The van der Waals surface area contributed by atoms with Crippen LogP contribution in [0.5, 0.6) is 0 Å². The van der Waals surface area contributed by atoms with Gasteiger partial charge in [0.15, 0.2) is 0 Å². The lowest BCUT2D eigenvalue weighted by Crippen LogP contribution is -1.67. The molecule has 2 aromatic rings. The second-order valence-electron chi connectivity index (χ2n) is 2.50. The number of benzene rings is 1. The summed E-state index contributed by atoms with van der Waals surface area (Å²) in [5.41, 5.74) is 1.27. The van der Waals surface area contributed by atoms with Gasteiger partial charge < -0.3 is 0 Å². The summed E-state index contributed by atoms with van der Waals surface area (Å²) in [6, 6.07) is 9.32. The number of thiophene rings is 1. The molecule has 0 saturated carbocycles. The lowest BCUT2D eigenvalue weighted by Gasteiger charge is -1.89. The summed E-state index contributed by atoms with van der Waals surface area (Å²) in [5.74, 6) is 0. The van der Waals surface area contributed by atoms with Crippen LogP contribution in [0.1, 0.15) is 5.56 Å².